The Labute approximate surface area is 86.5 Å². The molecule has 4 nitrogen and oxygen atoms in total. The summed E-state index contributed by atoms with van der Waals surface area (Å²) in [7, 11) is 0. The molecule has 0 saturated heterocycles. The monoisotopic (exact) mass is 214 g/mol. The molecule has 0 bridgehead atoms. The van der Waals surface area contributed by atoms with Crippen LogP contribution in [0.5, 0.6) is 0 Å². The molecule has 0 aliphatic heterocycles. The Balaban J connectivity index is 2.78. The third-order valence-corrected chi connectivity index (χ3v) is 2.17. The van der Waals surface area contributed by atoms with Gasteiger partial charge in [0.05, 0.1) is 10.7 Å². The number of nitrogens with two attached hydrogens (primary N) is 2. The molecule has 0 radical (unpaired) electrons. The number of aliphatic carboxylic acids is 1. The van der Waals surface area contributed by atoms with E-state index in [1.54, 1.807) is 18.2 Å². The van der Waals surface area contributed by atoms with E-state index >= 15 is 0 Å². The molecule has 0 heterocycles. The van der Waals surface area contributed by atoms with Gasteiger partial charge in [-0.05, 0) is 24.1 Å². The van der Waals surface area contributed by atoms with E-state index in [4.69, 9.17) is 28.2 Å². The molecule has 1 aromatic carbocycles. The van der Waals surface area contributed by atoms with Crippen LogP contribution in [0.3, 0.4) is 0 Å². The van der Waals surface area contributed by atoms with Gasteiger partial charge in [0.2, 0.25) is 0 Å². The minimum atomic E-state index is -1.03. The normalized spacial score (nSPS) is 12.4. The zero-order valence-electron chi connectivity index (χ0n) is 7.40. The molecule has 0 fully saturated rings. The quantitative estimate of drug-likeness (QED) is 0.652. The Morgan fingerprint density at radius 1 is 1.57 bits per heavy atom. The number of rotatable bonds is 3. The molecule has 1 aromatic rings. The van der Waals surface area contributed by atoms with Crippen molar-refractivity contribution in [2.75, 3.05) is 5.73 Å². The lowest BCUT2D eigenvalue weighted by Crippen LogP contribution is -2.32. The van der Waals surface area contributed by atoms with Crippen LogP contribution in [0.4, 0.5) is 5.69 Å². The number of benzene rings is 1. The summed E-state index contributed by atoms with van der Waals surface area (Å²) in [5.41, 5.74) is 12.1. The van der Waals surface area contributed by atoms with Gasteiger partial charge in [-0.3, -0.25) is 4.79 Å². The number of carboxylic acids is 1. The second kappa shape index (κ2) is 4.30. The highest BCUT2D eigenvalue weighted by Gasteiger charge is 2.12. The van der Waals surface area contributed by atoms with Gasteiger partial charge in [-0.15, -0.1) is 0 Å². The van der Waals surface area contributed by atoms with Crippen molar-refractivity contribution in [3.05, 3.63) is 28.8 Å². The van der Waals surface area contributed by atoms with Crippen LogP contribution in [-0.4, -0.2) is 17.1 Å². The number of hydrogen-bond donors (Lipinski definition) is 3. The molecule has 76 valence electrons. The molecule has 0 spiro atoms. The van der Waals surface area contributed by atoms with Crippen LogP contribution in [-0.2, 0) is 11.2 Å². The van der Waals surface area contributed by atoms with Crippen molar-refractivity contribution in [3.63, 3.8) is 0 Å². The van der Waals surface area contributed by atoms with Crippen LogP contribution in [0.1, 0.15) is 5.56 Å². The van der Waals surface area contributed by atoms with Gasteiger partial charge in [0, 0.05) is 0 Å². The third-order valence-electron chi connectivity index (χ3n) is 1.84. The second-order valence-electron chi connectivity index (χ2n) is 3.00. The molecule has 0 saturated carbocycles. The van der Waals surface area contributed by atoms with E-state index in [0.717, 1.165) is 5.56 Å². The predicted octanol–water partition coefficient (Wildman–Crippen LogP) is 0.877. The first-order valence-corrected chi connectivity index (χ1v) is 4.41. The average Bonchev–Trinajstić information content (AvgIpc) is 2.11. The van der Waals surface area contributed by atoms with Crippen molar-refractivity contribution in [1.29, 1.82) is 0 Å². The van der Waals surface area contributed by atoms with Gasteiger partial charge in [0.25, 0.3) is 0 Å². The van der Waals surface area contributed by atoms with Gasteiger partial charge in [-0.2, -0.15) is 0 Å². The fraction of sp³-hybridized carbons (Fsp3) is 0.222. The molecule has 1 rings (SSSR count). The maximum atomic E-state index is 10.5. The van der Waals surface area contributed by atoms with E-state index < -0.39 is 12.0 Å². The van der Waals surface area contributed by atoms with E-state index in [1.165, 1.54) is 0 Å². The molecule has 5 heteroatoms. The van der Waals surface area contributed by atoms with Crippen LogP contribution in [0.2, 0.25) is 5.02 Å². The molecule has 14 heavy (non-hydrogen) atoms. The van der Waals surface area contributed by atoms with Crippen LogP contribution >= 0.6 is 11.6 Å². The molecule has 0 aliphatic carbocycles. The van der Waals surface area contributed by atoms with Crippen molar-refractivity contribution in [1.82, 2.24) is 0 Å². The van der Waals surface area contributed by atoms with Gasteiger partial charge in [-0.1, -0.05) is 17.7 Å². The number of nitrogen functional groups attached to an aromatic ring is 1. The largest absolute Gasteiger partial charge is 0.480 e. The van der Waals surface area contributed by atoms with Crippen molar-refractivity contribution >= 4 is 23.3 Å². The lowest BCUT2D eigenvalue weighted by atomic mass is 10.1. The smallest absolute Gasteiger partial charge is 0.320 e. The summed E-state index contributed by atoms with van der Waals surface area (Å²) in [6, 6.07) is 4.06. The Bertz CT molecular complexity index is 355. The number of halogens is 1. The first-order chi connectivity index (χ1) is 6.50. The number of hydrogen-bond acceptors (Lipinski definition) is 3. The molecule has 0 amide bonds. The van der Waals surface area contributed by atoms with Gasteiger partial charge >= 0.3 is 5.97 Å². The van der Waals surface area contributed by atoms with Gasteiger partial charge < -0.3 is 16.6 Å². The van der Waals surface area contributed by atoms with Crippen LogP contribution in [0.15, 0.2) is 18.2 Å². The second-order valence-corrected chi connectivity index (χ2v) is 3.41. The summed E-state index contributed by atoms with van der Waals surface area (Å²) in [6.07, 6.45) is 0.245. The highest BCUT2D eigenvalue weighted by atomic mass is 35.5. The Kier molecular flexibility index (Phi) is 3.33. The Morgan fingerprint density at radius 3 is 2.71 bits per heavy atom. The summed E-state index contributed by atoms with van der Waals surface area (Å²) in [5, 5.41) is 9.00. The number of anilines is 1. The highest BCUT2D eigenvalue weighted by molar-refractivity contribution is 6.33. The predicted molar refractivity (Wildman–Crippen MR) is 55.2 cm³/mol. The molecule has 5 N–H and O–H groups in total. The van der Waals surface area contributed by atoms with Crippen LogP contribution in [0.25, 0.3) is 0 Å². The standard InChI is InChI=1S/C9H11ClN2O2/c10-6-3-5(1-2-7(6)11)4-8(12)9(13)14/h1-3,8H,4,11-12H2,(H,13,14)/t8-/m1/s1. The van der Waals surface area contributed by atoms with Crippen molar-refractivity contribution < 1.29 is 9.90 Å². The molecule has 0 aliphatic rings. The summed E-state index contributed by atoms with van der Waals surface area (Å²) in [6.45, 7) is 0. The van der Waals surface area contributed by atoms with E-state index in [-0.39, 0.29) is 6.42 Å². The molecule has 0 aromatic heterocycles. The van der Waals surface area contributed by atoms with Gasteiger partial charge in [0.1, 0.15) is 6.04 Å². The fourth-order valence-corrected chi connectivity index (χ4v) is 1.24. The van der Waals surface area contributed by atoms with Crippen LogP contribution < -0.4 is 11.5 Å². The van der Waals surface area contributed by atoms with Crippen molar-refractivity contribution in [2.24, 2.45) is 5.73 Å². The highest BCUT2D eigenvalue weighted by Crippen LogP contribution is 2.20. The average molecular weight is 215 g/mol. The Hall–Kier alpha value is -1.26. The zero-order chi connectivity index (χ0) is 10.7. The lowest BCUT2D eigenvalue weighted by molar-refractivity contribution is -0.138. The van der Waals surface area contributed by atoms with E-state index in [0.29, 0.717) is 10.7 Å². The minimum Gasteiger partial charge on any atom is -0.480 e. The SMILES string of the molecule is Nc1ccc(C[C@@H](N)C(=O)O)cc1Cl. The summed E-state index contributed by atoms with van der Waals surface area (Å²) < 4.78 is 0. The summed E-state index contributed by atoms with van der Waals surface area (Å²) >= 11 is 5.76. The zero-order valence-corrected chi connectivity index (χ0v) is 8.16. The summed E-state index contributed by atoms with van der Waals surface area (Å²) in [5.74, 6) is -1.03. The number of carboxylic acid groups (broad SMARTS) is 1. The fourth-order valence-electron chi connectivity index (χ4n) is 1.04. The van der Waals surface area contributed by atoms with E-state index in [9.17, 15) is 4.79 Å². The van der Waals surface area contributed by atoms with E-state index in [1.807, 2.05) is 0 Å². The maximum absolute atomic E-state index is 10.5. The van der Waals surface area contributed by atoms with Gasteiger partial charge in [0.15, 0.2) is 0 Å². The van der Waals surface area contributed by atoms with Crippen molar-refractivity contribution in [3.8, 4) is 0 Å². The lowest BCUT2D eigenvalue weighted by Gasteiger charge is -2.07. The first kappa shape index (κ1) is 10.8. The van der Waals surface area contributed by atoms with Crippen molar-refractivity contribution in [2.45, 2.75) is 12.5 Å². The molecular weight excluding hydrogens is 204 g/mol. The van der Waals surface area contributed by atoms with Gasteiger partial charge in [-0.25, -0.2) is 0 Å². The van der Waals surface area contributed by atoms with Crippen LogP contribution in [0, 0.1) is 0 Å². The number of carbonyl (C=O) groups is 1. The third kappa shape index (κ3) is 2.61. The maximum Gasteiger partial charge on any atom is 0.320 e. The minimum absolute atomic E-state index is 0.245. The first-order valence-electron chi connectivity index (χ1n) is 4.03. The topological polar surface area (TPSA) is 89.3 Å². The van der Waals surface area contributed by atoms with E-state index in [2.05, 4.69) is 0 Å². The summed E-state index contributed by atoms with van der Waals surface area (Å²) in [4.78, 5) is 10.5. The molecule has 1 atom stereocenters. The molecular formula is C9H11ClN2O2. The Morgan fingerprint density at radius 2 is 2.21 bits per heavy atom. The molecule has 0 unspecified atom stereocenters.